The lowest BCUT2D eigenvalue weighted by molar-refractivity contribution is 0.106. The van der Waals surface area contributed by atoms with Crippen molar-refractivity contribution in [3.63, 3.8) is 0 Å². The Morgan fingerprint density at radius 3 is 1.11 bits per heavy atom. The number of unbranched alkanes of at least 4 members (excludes halogenated alkanes) is 6. The zero-order valence-electron chi connectivity index (χ0n) is 23.3. The quantitative estimate of drug-likeness (QED) is 0.162. The van der Waals surface area contributed by atoms with Crippen LogP contribution in [0.5, 0.6) is 11.5 Å². The van der Waals surface area contributed by atoms with Crippen molar-refractivity contribution in [1.82, 2.24) is 0 Å². The lowest BCUT2D eigenvalue weighted by Crippen LogP contribution is -2.03. The van der Waals surface area contributed by atoms with Crippen LogP contribution in [-0.2, 0) is 9.47 Å². The molecular weight excluding hydrogens is 448 g/mol. The topological polar surface area (TPSA) is 36.9 Å². The molecule has 0 amide bonds. The molecule has 0 aliphatic carbocycles. The van der Waals surface area contributed by atoms with E-state index in [2.05, 4.69) is 76.2 Å². The molecule has 4 heteroatoms. The van der Waals surface area contributed by atoms with Crippen molar-refractivity contribution in [3.8, 4) is 22.6 Å². The lowest BCUT2D eigenvalue weighted by atomic mass is 10.1. The third kappa shape index (κ3) is 14.5. The van der Waals surface area contributed by atoms with Crippen LogP contribution in [0.2, 0.25) is 0 Å². The van der Waals surface area contributed by atoms with Crippen LogP contribution in [0.4, 0.5) is 0 Å². The van der Waals surface area contributed by atoms with E-state index in [0.717, 1.165) is 76.8 Å². The van der Waals surface area contributed by atoms with E-state index >= 15 is 0 Å². The maximum absolute atomic E-state index is 5.92. The fourth-order valence-corrected chi connectivity index (χ4v) is 3.82. The monoisotopic (exact) mass is 498 g/mol. The summed E-state index contributed by atoms with van der Waals surface area (Å²) >= 11 is 0. The van der Waals surface area contributed by atoms with E-state index in [1.54, 1.807) is 0 Å². The molecule has 202 valence electrons. The third-order valence-electron chi connectivity index (χ3n) is 5.85. The van der Waals surface area contributed by atoms with E-state index in [9.17, 15) is 0 Å². The zero-order valence-corrected chi connectivity index (χ0v) is 23.3. The Morgan fingerprint density at radius 2 is 0.778 bits per heavy atom. The van der Waals surface area contributed by atoms with Crippen molar-refractivity contribution in [1.29, 1.82) is 0 Å². The molecule has 0 heterocycles. The van der Waals surface area contributed by atoms with Crippen molar-refractivity contribution in [2.24, 2.45) is 11.8 Å². The fraction of sp³-hybridized carbons (Fsp3) is 0.625. The number of ether oxygens (including phenoxy) is 4. The van der Waals surface area contributed by atoms with Crippen LogP contribution in [-0.4, -0.2) is 39.6 Å². The van der Waals surface area contributed by atoms with Crippen molar-refractivity contribution < 1.29 is 18.9 Å². The molecule has 2 aromatic rings. The Kier molecular flexibility index (Phi) is 16.0. The predicted octanol–water partition coefficient (Wildman–Crippen LogP) is 8.58. The molecule has 0 aliphatic rings. The molecule has 0 bridgehead atoms. The number of hydrogen-bond donors (Lipinski definition) is 0. The second-order valence-corrected chi connectivity index (χ2v) is 10.5. The normalized spacial score (nSPS) is 11.4. The number of benzene rings is 2. The minimum atomic E-state index is 0.619. The lowest BCUT2D eigenvalue weighted by Gasteiger charge is -2.09. The number of rotatable bonds is 21. The Hall–Kier alpha value is -2.04. The van der Waals surface area contributed by atoms with Gasteiger partial charge in [-0.3, -0.25) is 0 Å². The van der Waals surface area contributed by atoms with Gasteiger partial charge in [-0.05, 0) is 85.8 Å². The smallest absolute Gasteiger partial charge is 0.119 e. The van der Waals surface area contributed by atoms with Crippen LogP contribution in [0.1, 0.15) is 79.1 Å². The summed E-state index contributed by atoms with van der Waals surface area (Å²) in [5.74, 6) is 3.11. The van der Waals surface area contributed by atoms with Gasteiger partial charge in [-0.1, -0.05) is 64.8 Å². The second kappa shape index (κ2) is 19.1. The van der Waals surface area contributed by atoms with E-state index in [1.165, 1.54) is 36.8 Å². The molecule has 0 N–H and O–H groups in total. The van der Waals surface area contributed by atoms with Gasteiger partial charge in [0.25, 0.3) is 0 Å². The average molecular weight is 499 g/mol. The highest BCUT2D eigenvalue weighted by Gasteiger charge is 2.02. The Bertz CT molecular complexity index is 700. The summed E-state index contributed by atoms with van der Waals surface area (Å²) in [5.41, 5.74) is 2.38. The Labute approximate surface area is 220 Å². The fourth-order valence-electron chi connectivity index (χ4n) is 3.82. The van der Waals surface area contributed by atoms with Gasteiger partial charge in [0.05, 0.1) is 13.2 Å². The first kappa shape index (κ1) is 30.2. The molecule has 2 aromatic carbocycles. The molecule has 36 heavy (non-hydrogen) atoms. The van der Waals surface area contributed by atoms with Gasteiger partial charge in [0, 0.05) is 26.4 Å². The van der Waals surface area contributed by atoms with Gasteiger partial charge in [-0.2, -0.15) is 0 Å². The van der Waals surface area contributed by atoms with Crippen LogP contribution in [0.25, 0.3) is 11.1 Å². The van der Waals surface area contributed by atoms with E-state index in [-0.39, 0.29) is 0 Å². The van der Waals surface area contributed by atoms with Gasteiger partial charge in [-0.15, -0.1) is 0 Å². The number of hydrogen-bond acceptors (Lipinski definition) is 4. The maximum atomic E-state index is 5.92. The molecule has 0 aliphatic heterocycles. The van der Waals surface area contributed by atoms with Gasteiger partial charge in [0.2, 0.25) is 0 Å². The average Bonchev–Trinajstić information content (AvgIpc) is 2.87. The first-order valence-corrected chi connectivity index (χ1v) is 14.2. The van der Waals surface area contributed by atoms with Gasteiger partial charge < -0.3 is 18.9 Å². The van der Waals surface area contributed by atoms with Crippen molar-refractivity contribution in [2.75, 3.05) is 39.6 Å². The highest BCUT2D eigenvalue weighted by atomic mass is 16.5. The largest absolute Gasteiger partial charge is 0.494 e. The molecule has 0 saturated heterocycles. The molecule has 0 spiro atoms. The van der Waals surface area contributed by atoms with Crippen LogP contribution < -0.4 is 9.47 Å². The highest BCUT2D eigenvalue weighted by molar-refractivity contribution is 5.64. The van der Waals surface area contributed by atoms with Crippen molar-refractivity contribution >= 4 is 0 Å². The summed E-state index contributed by atoms with van der Waals surface area (Å²) in [6.07, 6.45) is 9.22. The van der Waals surface area contributed by atoms with E-state index < -0.39 is 0 Å². The van der Waals surface area contributed by atoms with E-state index in [4.69, 9.17) is 18.9 Å². The molecule has 0 fully saturated rings. The Balaban J connectivity index is 1.55. The van der Waals surface area contributed by atoms with Crippen molar-refractivity contribution in [3.05, 3.63) is 48.5 Å². The van der Waals surface area contributed by atoms with Gasteiger partial charge >= 0.3 is 0 Å². The van der Waals surface area contributed by atoms with Crippen LogP contribution >= 0.6 is 0 Å². The highest BCUT2D eigenvalue weighted by Crippen LogP contribution is 2.25. The van der Waals surface area contributed by atoms with Crippen LogP contribution in [0.3, 0.4) is 0 Å². The van der Waals surface area contributed by atoms with Gasteiger partial charge in [0.15, 0.2) is 0 Å². The first-order chi connectivity index (χ1) is 17.5. The molecule has 0 aromatic heterocycles. The van der Waals surface area contributed by atoms with Crippen LogP contribution in [0, 0.1) is 11.8 Å². The summed E-state index contributed by atoms with van der Waals surface area (Å²) in [4.78, 5) is 0. The molecular formula is C32H50O4. The van der Waals surface area contributed by atoms with Gasteiger partial charge in [-0.25, -0.2) is 0 Å². The van der Waals surface area contributed by atoms with Crippen molar-refractivity contribution in [2.45, 2.75) is 79.1 Å². The minimum Gasteiger partial charge on any atom is -0.494 e. The minimum absolute atomic E-state index is 0.619. The predicted molar refractivity (Wildman–Crippen MR) is 151 cm³/mol. The van der Waals surface area contributed by atoms with Gasteiger partial charge in [0.1, 0.15) is 11.5 Å². The SMILES string of the molecule is CC(C)COCCCCCCOc1ccc(-c2ccc(OCCCCCCOCC(C)C)cc2)cc1. The summed E-state index contributed by atoms with van der Waals surface area (Å²) in [7, 11) is 0. The Morgan fingerprint density at radius 1 is 0.444 bits per heavy atom. The maximum Gasteiger partial charge on any atom is 0.119 e. The first-order valence-electron chi connectivity index (χ1n) is 14.2. The van der Waals surface area contributed by atoms with Crippen LogP contribution in [0.15, 0.2) is 48.5 Å². The summed E-state index contributed by atoms with van der Waals surface area (Å²) in [6.45, 7) is 13.8. The second-order valence-electron chi connectivity index (χ2n) is 10.5. The summed E-state index contributed by atoms with van der Waals surface area (Å²) in [5, 5.41) is 0. The molecule has 2 rings (SSSR count). The molecule has 4 nitrogen and oxygen atoms in total. The summed E-state index contributed by atoms with van der Waals surface area (Å²) in [6, 6.07) is 16.8. The molecule has 0 atom stereocenters. The standard InChI is InChI=1S/C32H50O4/c1-27(2)25-33-21-9-5-7-11-23-35-31-17-13-29(14-18-31)30-15-19-32(20-16-30)36-24-12-8-6-10-22-34-26-28(3)4/h13-20,27-28H,5-12,21-26H2,1-4H3. The van der Waals surface area contributed by atoms with E-state index in [1.807, 2.05) is 0 Å². The molecule has 0 radical (unpaired) electrons. The molecule has 0 unspecified atom stereocenters. The summed E-state index contributed by atoms with van der Waals surface area (Å²) < 4.78 is 23.1. The van der Waals surface area contributed by atoms with E-state index in [0.29, 0.717) is 11.8 Å². The molecule has 0 saturated carbocycles. The zero-order chi connectivity index (χ0) is 25.8. The third-order valence-corrected chi connectivity index (χ3v) is 5.85.